The van der Waals surface area contributed by atoms with Gasteiger partial charge in [0, 0.05) is 12.1 Å². The van der Waals surface area contributed by atoms with Crippen LogP contribution in [-0.2, 0) is 9.53 Å². The Morgan fingerprint density at radius 3 is 2.50 bits per heavy atom. The van der Waals surface area contributed by atoms with E-state index in [2.05, 4.69) is 22.3 Å². The number of carbonyl (C=O) groups is 2. The number of piperidine rings is 1. The molecule has 1 aromatic rings. The minimum atomic E-state index is -0.377. The third-order valence-electron chi connectivity index (χ3n) is 4.29. The van der Waals surface area contributed by atoms with E-state index in [1.54, 1.807) is 24.3 Å². The van der Waals surface area contributed by atoms with Crippen molar-refractivity contribution in [1.29, 1.82) is 0 Å². The fourth-order valence-corrected chi connectivity index (χ4v) is 2.89. The maximum Gasteiger partial charge on any atom is 0.337 e. The molecule has 0 bridgehead atoms. The number of hydrogen-bond acceptors (Lipinski definition) is 4. The molecule has 1 aromatic carbocycles. The number of anilines is 1. The molecule has 1 amide bonds. The molecule has 0 aliphatic carbocycles. The molecule has 5 nitrogen and oxygen atoms in total. The summed E-state index contributed by atoms with van der Waals surface area (Å²) in [5.74, 6) is 0.652. The lowest BCUT2D eigenvalue weighted by atomic mass is 9.84. The number of hydrogen-bond donors (Lipinski definition) is 2. The van der Waals surface area contributed by atoms with Crippen molar-refractivity contribution >= 4 is 17.6 Å². The third-order valence-corrected chi connectivity index (χ3v) is 4.29. The first-order valence-corrected chi connectivity index (χ1v) is 7.79. The predicted molar refractivity (Wildman–Crippen MR) is 85.8 cm³/mol. The van der Waals surface area contributed by atoms with E-state index in [4.69, 9.17) is 0 Å². The molecule has 0 radical (unpaired) electrons. The quantitative estimate of drug-likeness (QED) is 0.820. The molecule has 0 aromatic heterocycles. The number of methoxy groups -OCH3 is 1. The van der Waals surface area contributed by atoms with E-state index >= 15 is 0 Å². The van der Waals surface area contributed by atoms with Crippen LogP contribution in [0.25, 0.3) is 0 Å². The van der Waals surface area contributed by atoms with Gasteiger partial charge in [-0.1, -0.05) is 6.92 Å². The summed E-state index contributed by atoms with van der Waals surface area (Å²) in [4.78, 5) is 23.5. The van der Waals surface area contributed by atoms with Gasteiger partial charge in [-0.25, -0.2) is 4.79 Å². The summed E-state index contributed by atoms with van der Waals surface area (Å²) in [6, 6.07) is 6.74. The molecule has 1 aliphatic heterocycles. The van der Waals surface area contributed by atoms with Gasteiger partial charge in [-0.15, -0.1) is 0 Å². The molecule has 1 saturated heterocycles. The number of amides is 1. The van der Waals surface area contributed by atoms with Crippen LogP contribution in [0.4, 0.5) is 5.69 Å². The molecule has 2 rings (SSSR count). The van der Waals surface area contributed by atoms with Gasteiger partial charge in [0.15, 0.2) is 0 Å². The molecule has 1 unspecified atom stereocenters. The van der Waals surface area contributed by atoms with Crippen LogP contribution in [0.1, 0.15) is 36.5 Å². The number of benzene rings is 1. The Labute approximate surface area is 131 Å². The molecule has 120 valence electrons. The van der Waals surface area contributed by atoms with Gasteiger partial charge in [0.25, 0.3) is 0 Å². The summed E-state index contributed by atoms with van der Waals surface area (Å²) in [6.07, 6.45) is 2.81. The zero-order valence-electron chi connectivity index (χ0n) is 13.2. The first kappa shape index (κ1) is 16.5. The molecule has 22 heavy (non-hydrogen) atoms. The van der Waals surface area contributed by atoms with Crippen molar-refractivity contribution in [2.45, 2.75) is 26.2 Å². The monoisotopic (exact) mass is 304 g/mol. The Balaban J connectivity index is 1.84. The zero-order chi connectivity index (χ0) is 15.9. The Hall–Kier alpha value is -1.88. The summed E-state index contributed by atoms with van der Waals surface area (Å²) in [5.41, 5.74) is 1.18. The van der Waals surface area contributed by atoms with Crippen molar-refractivity contribution in [3.63, 3.8) is 0 Å². The van der Waals surface area contributed by atoms with Crippen LogP contribution in [0.3, 0.4) is 0 Å². The van der Waals surface area contributed by atoms with Crippen LogP contribution >= 0.6 is 0 Å². The van der Waals surface area contributed by atoms with E-state index < -0.39 is 0 Å². The first-order valence-electron chi connectivity index (χ1n) is 7.79. The lowest BCUT2D eigenvalue weighted by Gasteiger charge is -2.27. The predicted octanol–water partition coefficient (Wildman–Crippen LogP) is 2.44. The number of nitrogens with one attached hydrogen (secondary N) is 2. The Kier molecular flexibility index (Phi) is 5.95. The van der Waals surface area contributed by atoms with Gasteiger partial charge < -0.3 is 15.4 Å². The number of rotatable bonds is 5. The Morgan fingerprint density at radius 1 is 1.27 bits per heavy atom. The minimum Gasteiger partial charge on any atom is -0.465 e. The van der Waals surface area contributed by atoms with Gasteiger partial charge in [0.05, 0.1) is 12.7 Å². The molecule has 0 spiro atoms. The number of ether oxygens (including phenoxy) is 1. The third kappa shape index (κ3) is 4.56. The first-order chi connectivity index (χ1) is 10.6. The average molecular weight is 304 g/mol. The normalized spacial score (nSPS) is 16.8. The van der Waals surface area contributed by atoms with Crippen molar-refractivity contribution in [3.05, 3.63) is 29.8 Å². The molecular weight excluding hydrogens is 280 g/mol. The van der Waals surface area contributed by atoms with Gasteiger partial charge in [0.2, 0.25) is 5.91 Å². The second kappa shape index (κ2) is 7.94. The number of carbonyl (C=O) groups excluding carboxylic acids is 2. The largest absolute Gasteiger partial charge is 0.465 e. The van der Waals surface area contributed by atoms with Crippen LogP contribution in [0.5, 0.6) is 0 Å². The summed E-state index contributed by atoms with van der Waals surface area (Å²) >= 11 is 0. The van der Waals surface area contributed by atoms with Gasteiger partial charge in [-0.05, 0) is 62.0 Å². The topological polar surface area (TPSA) is 67.4 Å². The minimum absolute atomic E-state index is 0.0249. The van der Waals surface area contributed by atoms with Crippen LogP contribution < -0.4 is 10.6 Å². The summed E-state index contributed by atoms with van der Waals surface area (Å²) in [7, 11) is 1.35. The van der Waals surface area contributed by atoms with Crippen LogP contribution in [0.2, 0.25) is 0 Å². The molecule has 5 heteroatoms. The van der Waals surface area contributed by atoms with E-state index in [1.807, 2.05) is 0 Å². The van der Waals surface area contributed by atoms with Crippen molar-refractivity contribution in [2.75, 3.05) is 25.5 Å². The van der Waals surface area contributed by atoms with Gasteiger partial charge in [-0.3, -0.25) is 4.79 Å². The highest BCUT2D eigenvalue weighted by Gasteiger charge is 2.22. The summed E-state index contributed by atoms with van der Waals surface area (Å²) < 4.78 is 4.65. The highest BCUT2D eigenvalue weighted by atomic mass is 16.5. The highest BCUT2D eigenvalue weighted by molar-refractivity contribution is 5.93. The molecule has 1 heterocycles. The van der Waals surface area contributed by atoms with Gasteiger partial charge in [-0.2, -0.15) is 0 Å². The summed E-state index contributed by atoms with van der Waals surface area (Å²) in [6.45, 7) is 4.24. The van der Waals surface area contributed by atoms with Crippen molar-refractivity contribution in [2.24, 2.45) is 11.8 Å². The van der Waals surface area contributed by atoms with Crippen LogP contribution in [-0.4, -0.2) is 32.1 Å². The van der Waals surface area contributed by atoms with Crippen molar-refractivity contribution in [3.8, 4) is 0 Å². The summed E-state index contributed by atoms with van der Waals surface area (Å²) in [5, 5.41) is 6.23. The molecule has 1 aliphatic rings. The second-order valence-electron chi connectivity index (χ2n) is 5.89. The maximum absolute atomic E-state index is 12.1. The van der Waals surface area contributed by atoms with Crippen molar-refractivity contribution in [1.82, 2.24) is 5.32 Å². The zero-order valence-corrected chi connectivity index (χ0v) is 13.2. The van der Waals surface area contributed by atoms with E-state index in [-0.39, 0.29) is 11.9 Å². The van der Waals surface area contributed by atoms with Crippen LogP contribution in [0, 0.1) is 11.8 Å². The van der Waals surface area contributed by atoms with E-state index in [1.165, 1.54) is 7.11 Å². The van der Waals surface area contributed by atoms with E-state index in [0.717, 1.165) is 25.9 Å². The Bertz CT molecular complexity index is 507. The Morgan fingerprint density at radius 2 is 1.91 bits per heavy atom. The molecule has 1 fully saturated rings. The lowest BCUT2D eigenvalue weighted by Crippen LogP contribution is -2.32. The number of esters is 1. The fraction of sp³-hybridized carbons (Fsp3) is 0.529. The SMILES string of the molecule is COC(=O)c1ccc(NC(=O)CC(C)C2CCNCC2)cc1. The molecular formula is C17H24N2O3. The fourth-order valence-electron chi connectivity index (χ4n) is 2.89. The van der Waals surface area contributed by atoms with Gasteiger partial charge in [0.1, 0.15) is 0 Å². The van der Waals surface area contributed by atoms with E-state index in [0.29, 0.717) is 29.5 Å². The molecule has 1 atom stereocenters. The second-order valence-corrected chi connectivity index (χ2v) is 5.89. The maximum atomic E-state index is 12.1. The smallest absolute Gasteiger partial charge is 0.337 e. The van der Waals surface area contributed by atoms with Crippen molar-refractivity contribution < 1.29 is 14.3 Å². The van der Waals surface area contributed by atoms with Gasteiger partial charge >= 0.3 is 5.97 Å². The van der Waals surface area contributed by atoms with E-state index in [9.17, 15) is 9.59 Å². The lowest BCUT2D eigenvalue weighted by molar-refractivity contribution is -0.117. The average Bonchev–Trinajstić information content (AvgIpc) is 2.55. The molecule has 2 N–H and O–H groups in total. The van der Waals surface area contributed by atoms with Crippen LogP contribution in [0.15, 0.2) is 24.3 Å². The highest BCUT2D eigenvalue weighted by Crippen LogP contribution is 2.24. The molecule has 0 saturated carbocycles. The standard InChI is InChI=1S/C17H24N2O3/c1-12(13-7-9-18-10-8-13)11-16(20)19-15-5-3-14(4-6-15)17(21)22-2/h3-6,12-13,18H,7-11H2,1-2H3,(H,19,20).